The Bertz CT molecular complexity index is 888. The second-order valence-electron chi connectivity index (χ2n) is 6.00. The van der Waals surface area contributed by atoms with Crippen LogP contribution in [0.25, 0.3) is 11.4 Å². The lowest BCUT2D eigenvalue weighted by Crippen LogP contribution is -2.09. The number of aryl methyl sites for hydroxylation is 2. The molecule has 0 unspecified atom stereocenters. The minimum atomic E-state index is -0.0666. The molecule has 1 aromatic carbocycles. The van der Waals surface area contributed by atoms with E-state index in [1.54, 1.807) is 11.3 Å². The van der Waals surface area contributed by atoms with Crippen LogP contribution in [-0.4, -0.2) is 21.1 Å². The number of nitrogens with zero attached hydrogens (tertiary/aromatic N) is 2. The molecule has 3 rings (SSSR count). The summed E-state index contributed by atoms with van der Waals surface area (Å²) in [5, 5.41) is 9.89. The molecule has 8 heteroatoms. The second-order valence-corrected chi connectivity index (χ2v) is 7.14. The van der Waals surface area contributed by atoms with Gasteiger partial charge >= 0.3 is 0 Å². The highest BCUT2D eigenvalue weighted by molar-refractivity contribution is 7.14. The van der Waals surface area contributed by atoms with E-state index >= 15 is 0 Å². The summed E-state index contributed by atoms with van der Waals surface area (Å²) in [6.07, 6.45) is 3.07. The Hall–Kier alpha value is -2.22. The van der Waals surface area contributed by atoms with Gasteiger partial charge in [0.15, 0.2) is 5.82 Å². The highest BCUT2D eigenvalue weighted by atomic mass is 35.5. The Morgan fingerprint density at radius 1 is 1.26 bits per heavy atom. The summed E-state index contributed by atoms with van der Waals surface area (Å²) in [4.78, 5) is 18.9. The van der Waals surface area contributed by atoms with Crippen LogP contribution in [0.3, 0.4) is 0 Å². The predicted octanol–water partition coefficient (Wildman–Crippen LogP) is 4.18. The molecule has 0 saturated heterocycles. The molecule has 0 aliphatic rings. The van der Waals surface area contributed by atoms with E-state index in [0.29, 0.717) is 18.2 Å². The summed E-state index contributed by atoms with van der Waals surface area (Å²) >= 11 is 1.59. The maximum absolute atomic E-state index is 12.6. The summed E-state index contributed by atoms with van der Waals surface area (Å²) in [7, 11) is 0. The number of benzene rings is 1. The number of hydrogen-bond acceptors (Lipinski definition) is 5. The van der Waals surface area contributed by atoms with Crippen LogP contribution >= 0.6 is 23.7 Å². The Morgan fingerprint density at radius 3 is 2.59 bits per heavy atom. The van der Waals surface area contributed by atoms with Crippen LogP contribution in [0.2, 0.25) is 0 Å². The first-order valence-corrected chi connectivity index (χ1v) is 9.61. The van der Waals surface area contributed by atoms with Crippen molar-refractivity contribution in [3.05, 3.63) is 51.5 Å². The minimum Gasteiger partial charge on any atom is -0.324 e. The zero-order valence-corrected chi connectivity index (χ0v) is 17.0. The zero-order chi connectivity index (χ0) is 18.5. The average molecular weight is 406 g/mol. The number of amides is 1. The highest BCUT2D eigenvalue weighted by Gasteiger charge is 2.14. The molecule has 6 nitrogen and oxygen atoms in total. The van der Waals surface area contributed by atoms with Crippen molar-refractivity contribution in [2.75, 3.05) is 5.32 Å². The second kappa shape index (κ2) is 9.64. The summed E-state index contributed by atoms with van der Waals surface area (Å²) < 4.78 is 0. The number of aromatic nitrogens is 3. The molecule has 2 aromatic heterocycles. The molecule has 0 spiro atoms. The van der Waals surface area contributed by atoms with Gasteiger partial charge in [0.1, 0.15) is 5.82 Å². The first-order chi connectivity index (χ1) is 12.6. The third-order valence-electron chi connectivity index (χ3n) is 4.10. The van der Waals surface area contributed by atoms with E-state index in [1.807, 2.05) is 30.3 Å². The molecule has 0 aliphatic carbocycles. The molecule has 4 N–H and O–H groups in total. The van der Waals surface area contributed by atoms with E-state index in [-0.39, 0.29) is 18.3 Å². The van der Waals surface area contributed by atoms with Gasteiger partial charge in [-0.05, 0) is 48.7 Å². The third kappa shape index (κ3) is 4.94. The van der Waals surface area contributed by atoms with Crippen LogP contribution in [0, 0.1) is 0 Å². The van der Waals surface area contributed by atoms with Crippen molar-refractivity contribution in [1.29, 1.82) is 0 Å². The number of nitrogens with two attached hydrogens (primary N) is 1. The summed E-state index contributed by atoms with van der Waals surface area (Å²) in [5.41, 5.74) is 8.43. The molecule has 0 aliphatic heterocycles. The first kappa shape index (κ1) is 21.1. The van der Waals surface area contributed by atoms with Crippen LogP contribution in [0.1, 0.15) is 46.2 Å². The van der Waals surface area contributed by atoms with E-state index in [1.165, 1.54) is 10.4 Å². The van der Waals surface area contributed by atoms with E-state index < -0.39 is 0 Å². The Labute approximate surface area is 169 Å². The number of carbonyl (C=O) groups is 1. The fourth-order valence-corrected chi connectivity index (χ4v) is 3.98. The van der Waals surface area contributed by atoms with Crippen LogP contribution in [-0.2, 0) is 19.4 Å². The van der Waals surface area contributed by atoms with E-state index in [4.69, 9.17) is 5.73 Å². The number of thiophene rings is 1. The molecule has 144 valence electrons. The largest absolute Gasteiger partial charge is 0.324 e. The molecule has 0 bridgehead atoms. The van der Waals surface area contributed by atoms with Gasteiger partial charge in [-0.25, -0.2) is 4.98 Å². The lowest BCUT2D eigenvalue weighted by atomic mass is 10.1. The third-order valence-corrected chi connectivity index (χ3v) is 5.34. The van der Waals surface area contributed by atoms with Crippen LogP contribution in [0.15, 0.2) is 30.3 Å². The molecular weight excluding hydrogens is 382 g/mol. The Kier molecular flexibility index (Phi) is 7.53. The fraction of sp³-hybridized carbons (Fsp3) is 0.316. The lowest BCUT2D eigenvalue weighted by Gasteiger charge is -2.04. The topological polar surface area (TPSA) is 96.7 Å². The maximum Gasteiger partial charge on any atom is 0.265 e. The quantitative estimate of drug-likeness (QED) is 0.549. The highest BCUT2D eigenvalue weighted by Crippen LogP contribution is 2.26. The van der Waals surface area contributed by atoms with Crippen molar-refractivity contribution in [2.24, 2.45) is 5.73 Å². The van der Waals surface area contributed by atoms with Crippen molar-refractivity contribution in [3.63, 3.8) is 0 Å². The molecule has 1 amide bonds. The van der Waals surface area contributed by atoms with Gasteiger partial charge in [-0.1, -0.05) is 20.3 Å². The van der Waals surface area contributed by atoms with Crippen LogP contribution in [0.5, 0.6) is 0 Å². The summed E-state index contributed by atoms with van der Waals surface area (Å²) in [6, 6.07) is 9.49. The minimum absolute atomic E-state index is 0. The lowest BCUT2D eigenvalue weighted by molar-refractivity contribution is 0.103. The van der Waals surface area contributed by atoms with Gasteiger partial charge < -0.3 is 11.1 Å². The molecular formula is C19H24ClN5OS. The zero-order valence-electron chi connectivity index (χ0n) is 15.4. The number of nitrogens with one attached hydrogen (secondary N) is 2. The van der Waals surface area contributed by atoms with Gasteiger partial charge in [-0.3, -0.25) is 9.89 Å². The van der Waals surface area contributed by atoms with E-state index in [9.17, 15) is 4.79 Å². The Morgan fingerprint density at radius 2 is 2.00 bits per heavy atom. The van der Waals surface area contributed by atoms with Crippen molar-refractivity contribution in [3.8, 4) is 11.4 Å². The van der Waals surface area contributed by atoms with Gasteiger partial charge in [0.2, 0.25) is 0 Å². The summed E-state index contributed by atoms with van der Waals surface area (Å²) in [6.45, 7) is 4.60. The smallest absolute Gasteiger partial charge is 0.265 e. The maximum atomic E-state index is 12.6. The number of hydrogen-bond donors (Lipinski definition) is 3. The molecule has 0 atom stereocenters. The van der Waals surface area contributed by atoms with E-state index in [0.717, 1.165) is 35.4 Å². The molecule has 0 fully saturated rings. The average Bonchev–Trinajstić information content (AvgIpc) is 3.29. The molecule has 3 aromatic rings. The molecule has 0 saturated carbocycles. The predicted molar refractivity (Wildman–Crippen MR) is 113 cm³/mol. The number of aromatic amines is 1. The van der Waals surface area contributed by atoms with Gasteiger partial charge in [-0.15, -0.1) is 23.7 Å². The van der Waals surface area contributed by atoms with E-state index in [2.05, 4.69) is 34.3 Å². The van der Waals surface area contributed by atoms with Crippen LogP contribution in [0.4, 0.5) is 5.69 Å². The van der Waals surface area contributed by atoms with Gasteiger partial charge in [-0.2, -0.15) is 5.10 Å². The first-order valence-electron chi connectivity index (χ1n) is 8.79. The number of carbonyl (C=O) groups excluding carboxylic acids is 1. The number of rotatable bonds is 7. The van der Waals surface area contributed by atoms with Gasteiger partial charge in [0.25, 0.3) is 5.91 Å². The number of H-pyrrole nitrogens is 1. The molecule has 2 heterocycles. The molecule has 27 heavy (non-hydrogen) atoms. The normalized spacial score (nSPS) is 10.5. The van der Waals surface area contributed by atoms with Crippen LogP contribution < -0.4 is 11.1 Å². The number of anilines is 1. The molecule has 0 radical (unpaired) electrons. The van der Waals surface area contributed by atoms with Gasteiger partial charge in [0.05, 0.1) is 11.4 Å². The van der Waals surface area contributed by atoms with Gasteiger partial charge in [0, 0.05) is 16.1 Å². The Balaban J connectivity index is 0.00000261. The van der Waals surface area contributed by atoms with Crippen molar-refractivity contribution in [1.82, 2.24) is 15.2 Å². The monoisotopic (exact) mass is 405 g/mol. The number of halogens is 1. The van der Waals surface area contributed by atoms with Crippen molar-refractivity contribution < 1.29 is 4.79 Å². The standard InChI is InChI=1S/C19H23N5OS.ClH/c1-3-5-15-12(4-2)10-16(26-15)19(25)21-14-8-6-13(7-9-14)18-22-17(11-20)23-24-18;/h6-10H,3-5,11,20H2,1-2H3,(H,21,25)(H,22,23,24);1H. The summed E-state index contributed by atoms with van der Waals surface area (Å²) in [5.74, 6) is 1.17. The SMILES string of the molecule is CCCc1sc(C(=O)Nc2ccc(-c3n[nH]c(CN)n3)cc2)cc1CC.Cl. The fourth-order valence-electron chi connectivity index (χ4n) is 2.73. The van der Waals surface area contributed by atoms with Crippen molar-refractivity contribution in [2.45, 2.75) is 39.7 Å². The van der Waals surface area contributed by atoms with Crippen molar-refractivity contribution >= 4 is 35.3 Å².